The molecule has 0 aliphatic heterocycles. The smallest absolute Gasteiger partial charge is 0.217 e. The first-order chi connectivity index (χ1) is 4.79. The number of rotatable bonds is 2. The van der Waals surface area contributed by atoms with Gasteiger partial charge in [-0.15, -0.1) is 11.3 Å². The molecule has 0 aromatic carbocycles. The molecule has 4 heteroatoms. The van der Waals surface area contributed by atoms with Gasteiger partial charge in [0, 0.05) is 12.3 Å². The van der Waals surface area contributed by atoms with Crippen LogP contribution in [0, 0.1) is 6.54 Å². The lowest BCUT2D eigenvalue weighted by atomic mass is 10.5. The Kier molecular flexibility index (Phi) is 2.39. The highest BCUT2D eigenvalue weighted by Gasteiger charge is 1.94. The minimum absolute atomic E-state index is 0.0759. The maximum absolute atomic E-state index is 10.4. The van der Waals surface area contributed by atoms with Crippen molar-refractivity contribution < 1.29 is 4.79 Å². The van der Waals surface area contributed by atoms with Crippen molar-refractivity contribution in [3.05, 3.63) is 23.1 Å². The molecule has 0 atom stereocenters. The summed E-state index contributed by atoms with van der Waals surface area (Å²) in [5.74, 6) is -0.0759. The van der Waals surface area contributed by atoms with Crippen molar-refractivity contribution in [1.29, 1.82) is 0 Å². The van der Waals surface area contributed by atoms with E-state index in [1.54, 1.807) is 12.1 Å². The van der Waals surface area contributed by atoms with Crippen LogP contribution in [0.25, 0.3) is 0 Å². The van der Waals surface area contributed by atoms with Crippen LogP contribution in [0.3, 0.4) is 0 Å². The van der Waals surface area contributed by atoms with Crippen LogP contribution in [0.15, 0.2) is 10.9 Å². The second-order valence-electron chi connectivity index (χ2n) is 1.76. The standard InChI is InChI=1S/C6H7N2OS/c1-5(9)7-2-6-3-10-4-8-6/h2-4H,1H3,(H,7,9). The monoisotopic (exact) mass is 155 g/mol. The van der Waals surface area contributed by atoms with Gasteiger partial charge < -0.3 is 5.32 Å². The zero-order valence-electron chi connectivity index (χ0n) is 5.50. The van der Waals surface area contributed by atoms with Crippen LogP contribution in [0.4, 0.5) is 0 Å². The zero-order valence-corrected chi connectivity index (χ0v) is 6.31. The number of amides is 1. The zero-order chi connectivity index (χ0) is 7.40. The number of carbonyl (C=O) groups excluding carboxylic acids is 1. The van der Waals surface area contributed by atoms with Crippen molar-refractivity contribution in [2.45, 2.75) is 6.92 Å². The Balaban J connectivity index is 2.35. The van der Waals surface area contributed by atoms with Gasteiger partial charge in [0.2, 0.25) is 5.91 Å². The van der Waals surface area contributed by atoms with E-state index in [0.717, 1.165) is 5.69 Å². The fraction of sp³-hybridized carbons (Fsp3) is 0.167. The summed E-state index contributed by atoms with van der Waals surface area (Å²) in [5.41, 5.74) is 2.51. The highest BCUT2D eigenvalue weighted by Crippen LogP contribution is 2.00. The van der Waals surface area contributed by atoms with Gasteiger partial charge in [-0.25, -0.2) is 4.98 Å². The molecule has 0 saturated heterocycles. The molecule has 1 heterocycles. The third kappa shape index (κ3) is 2.14. The van der Waals surface area contributed by atoms with Crippen LogP contribution < -0.4 is 5.32 Å². The third-order valence-corrected chi connectivity index (χ3v) is 1.48. The predicted octanol–water partition coefficient (Wildman–Crippen LogP) is 0.789. The number of thiazole rings is 1. The Hall–Kier alpha value is -0.900. The molecule has 1 rings (SSSR count). The number of nitrogens with one attached hydrogen (secondary N) is 1. The summed E-state index contributed by atoms with van der Waals surface area (Å²) in [6, 6.07) is 0. The van der Waals surface area contributed by atoms with Crippen LogP contribution in [0.1, 0.15) is 12.6 Å². The first kappa shape index (κ1) is 7.21. The molecule has 1 N–H and O–H groups in total. The van der Waals surface area contributed by atoms with Gasteiger partial charge in [0.25, 0.3) is 0 Å². The van der Waals surface area contributed by atoms with E-state index < -0.39 is 0 Å². The quantitative estimate of drug-likeness (QED) is 0.686. The lowest BCUT2D eigenvalue weighted by Crippen LogP contribution is -2.16. The van der Waals surface area contributed by atoms with Gasteiger partial charge in [-0.2, -0.15) is 0 Å². The first-order valence-corrected chi connectivity index (χ1v) is 3.72. The highest BCUT2D eigenvalue weighted by atomic mass is 32.1. The van der Waals surface area contributed by atoms with E-state index in [9.17, 15) is 4.79 Å². The Morgan fingerprint density at radius 3 is 3.20 bits per heavy atom. The Morgan fingerprint density at radius 1 is 1.90 bits per heavy atom. The van der Waals surface area contributed by atoms with Gasteiger partial charge in [-0.1, -0.05) is 0 Å². The molecule has 1 amide bonds. The molecule has 0 unspecified atom stereocenters. The van der Waals surface area contributed by atoms with E-state index in [-0.39, 0.29) is 5.91 Å². The number of hydrogen-bond donors (Lipinski definition) is 1. The largest absolute Gasteiger partial charge is 0.345 e. The summed E-state index contributed by atoms with van der Waals surface area (Å²) < 4.78 is 0. The molecular formula is C6H7N2OS. The average Bonchev–Trinajstić information content (AvgIpc) is 2.34. The SMILES string of the molecule is CC(=O)N[CH]c1cscn1. The van der Waals surface area contributed by atoms with Crippen molar-refractivity contribution in [2.75, 3.05) is 0 Å². The summed E-state index contributed by atoms with van der Waals surface area (Å²) >= 11 is 1.50. The molecule has 10 heavy (non-hydrogen) atoms. The average molecular weight is 155 g/mol. The van der Waals surface area contributed by atoms with Crippen LogP contribution in [-0.2, 0) is 4.79 Å². The third-order valence-electron chi connectivity index (χ3n) is 0.875. The summed E-state index contributed by atoms with van der Waals surface area (Å²) in [5, 5.41) is 4.39. The molecule has 0 spiro atoms. The van der Waals surface area contributed by atoms with Crippen molar-refractivity contribution in [2.24, 2.45) is 0 Å². The molecule has 0 aliphatic carbocycles. The Bertz CT molecular complexity index is 208. The van der Waals surface area contributed by atoms with E-state index in [1.165, 1.54) is 18.3 Å². The fourth-order valence-corrected chi connectivity index (χ4v) is 0.980. The number of nitrogens with zero attached hydrogens (tertiary/aromatic N) is 1. The van der Waals surface area contributed by atoms with E-state index in [1.807, 2.05) is 5.38 Å². The molecule has 1 aromatic rings. The maximum Gasteiger partial charge on any atom is 0.217 e. The Labute approximate surface area is 63.1 Å². The van der Waals surface area contributed by atoms with Gasteiger partial charge in [0.1, 0.15) is 0 Å². The van der Waals surface area contributed by atoms with Crippen LogP contribution in [-0.4, -0.2) is 10.9 Å². The number of carbonyl (C=O) groups is 1. The van der Waals surface area contributed by atoms with Crippen LogP contribution >= 0.6 is 11.3 Å². The summed E-state index contributed by atoms with van der Waals surface area (Å²) in [4.78, 5) is 14.3. The lowest BCUT2D eigenvalue weighted by Gasteiger charge is -1.94. The molecule has 3 nitrogen and oxygen atoms in total. The van der Waals surface area contributed by atoms with Gasteiger partial charge in [-0.05, 0) is 0 Å². The number of aromatic nitrogens is 1. The van der Waals surface area contributed by atoms with E-state index >= 15 is 0 Å². The summed E-state index contributed by atoms with van der Waals surface area (Å²) in [6.07, 6.45) is 0. The van der Waals surface area contributed by atoms with Crippen LogP contribution in [0.2, 0.25) is 0 Å². The molecule has 53 valence electrons. The molecule has 0 bridgehead atoms. The minimum Gasteiger partial charge on any atom is -0.345 e. The van der Waals surface area contributed by atoms with E-state index in [4.69, 9.17) is 0 Å². The van der Waals surface area contributed by atoms with Crippen molar-refractivity contribution >= 4 is 17.2 Å². The Morgan fingerprint density at radius 2 is 2.70 bits per heavy atom. The maximum atomic E-state index is 10.4. The van der Waals surface area contributed by atoms with Gasteiger partial charge >= 0.3 is 0 Å². The predicted molar refractivity (Wildman–Crippen MR) is 39.3 cm³/mol. The lowest BCUT2D eigenvalue weighted by molar-refractivity contribution is -0.118. The molecular weight excluding hydrogens is 148 g/mol. The minimum atomic E-state index is -0.0759. The molecule has 1 radical (unpaired) electrons. The second kappa shape index (κ2) is 3.31. The number of hydrogen-bond acceptors (Lipinski definition) is 3. The normalized spacial score (nSPS) is 9.30. The first-order valence-electron chi connectivity index (χ1n) is 2.77. The molecule has 0 fully saturated rings. The van der Waals surface area contributed by atoms with E-state index in [0.29, 0.717) is 0 Å². The van der Waals surface area contributed by atoms with Crippen LogP contribution in [0.5, 0.6) is 0 Å². The van der Waals surface area contributed by atoms with Crippen molar-refractivity contribution in [3.8, 4) is 0 Å². The summed E-state index contributed by atoms with van der Waals surface area (Å²) in [7, 11) is 0. The van der Waals surface area contributed by atoms with Gasteiger partial charge in [0.05, 0.1) is 17.7 Å². The van der Waals surface area contributed by atoms with Gasteiger partial charge in [0.15, 0.2) is 0 Å². The molecule has 0 aliphatic rings. The molecule has 0 saturated carbocycles. The molecule has 1 aromatic heterocycles. The fourth-order valence-electron chi connectivity index (χ4n) is 0.469. The van der Waals surface area contributed by atoms with Gasteiger partial charge in [-0.3, -0.25) is 4.79 Å². The topological polar surface area (TPSA) is 42.0 Å². The second-order valence-corrected chi connectivity index (χ2v) is 2.48. The summed E-state index contributed by atoms with van der Waals surface area (Å²) in [6.45, 7) is 3.04. The van der Waals surface area contributed by atoms with E-state index in [2.05, 4.69) is 10.3 Å². The van der Waals surface area contributed by atoms with Crippen molar-refractivity contribution in [3.63, 3.8) is 0 Å². The van der Waals surface area contributed by atoms with Crippen molar-refractivity contribution in [1.82, 2.24) is 10.3 Å². The highest BCUT2D eigenvalue weighted by molar-refractivity contribution is 7.07.